The molecule has 86 valence electrons. The van der Waals surface area contributed by atoms with Crippen molar-refractivity contribution >= 4 is 0 Å². The van der Waals surface area contributed by atoms with Gasteiger partial charge in [0, 0.05) is 25.8 Å². The van der Waals surface area contributed by atoms with Crippen LogP contribution in [0.25, 0.3) is 0 Å². The van der Waals surface area contributed by atoms with E-state index in [-0.39, 0.29) is 0 Å². The third-order valence-electron chi connectivity index (χ3n) is 2.18. The predicted molar refractivity (Wildman–Crippen MR) is 59.5 cm³/mol. The zero-order chi connectivity index (χ0) is 10.6. The minimum absolute atomic E-state index is 0.291. The highest BCUT2D eigenvalue weighted by Gasteiger charge is 1.99. The Hall–Kier alpha value is -0.120. The molecule has 0 aliphatic rings. The fraction of sp³-hybridized carbons (Fsp3) is 1.00. The molecule has 0 spiro atoms. The normalized spacial score (nSPS) is 13.1. The first kappa shape index (κ1) is 13.9. The van der Waals surface area contributed by atoms with E-state index in [9.17, 15) is 0 Å². The van der Waals surface area contributed by atoms with Crippen molar-refractivity contribution in [2.24, 2.45) is 0 Å². The summed E-state index contributed by atoms with van der Waals surface area (Å²) in [5, 5.41) is 12.0. The van der Waals surface area contributed by atoms with Gasteiger partial charge < -0.3 is 15.2 Å². The zero-order valence-electron chi connectivity index (χ0n) is 9.59. The molecule has 3 nitrogen and oxygen atoms in total. The van der Waals surface area contributed by atoms with Gasteiger partial charge in [-0.3, -0.25) is 0 Å². The summed E-state index contributed by atoms with van der Waals surface area (Å²) in [7, 11) is 0. The van der Waals surface area contributed by atoms with E-state index in [1.54, 1.807) is 0 Å². The number of aliphatic hydroxyl groups is 1. The van der Waals surface area contributed by atoms with Crippen LogP contribution in [0.1, 0.15) is 39.5 Å². The van der Waals surface area contributed by atoms with Crippen LogP contribution in [0.4, 0.5) is 0 Å². The molecule has 0 aromatic rings. The smallest absolute Gasteiger partial charge is 0.0590 e. The average molecular weight is 203 g/mol. The molecular formula is C11H25NO2. The highest BCUT2D eigenvalue weighted by molar-refractivity contribution is 4.59. The Bertz CT molecular complexity index is 109. The van der Waals surface area contributed by atoms with Gasteiger partial charge in [-0.15, -0.1) is 0 Å². The third-order valence-corrected chi connectivity index (χ3v) is 2.18. The number of aliphatic hydroxyl groups excluding tert-OH is 1. The number of nitrogens with one attached hydrogen (secondary N) is 1. The summed E-state index contributed by atoms with van der Waals surface area (Å²) in [4.78, 5) is 0. The topological polar surface area (TPSA) is 41.5 Å². The largest absolute Gasteiger partial charge is 0.396 e. The number of ether oxygens (including phenoxy) is 1. The Morgan fingerprint density at radius 1 is 1.29 bits per heavy atom. The molecule has 0 heterocycles. The summed E-state index contributed by atoms with van der Waals surface area (Å²) >= 11 is 0. The molecule has 0 aromatic carbocycles. The molecule has 3 heteroatoms. The van der Waals surface area contributed by atoms with E-state index in [1.807, 2.05) is 0 Å². The van der Waals surface area contributed by atoms with Gasteiger partial charge in [0.15, 0.2) is 0 Å². The average Bonchev–Trinajstić information content (AvgIpc) is 2.20. The van der Waals surface area contributed by atoms with Crippen LogP contribution in [0.5, 0.6) is 0 Å². The quantitative estimate of drug-likeness (QED) is 0.529. The summed E-state index contributed by atoms with van der Waals surface area (Å²) in [5.74, 6) is 0. The van der Waals surface area contributed by atoms with Crippen LogP contribution < -0.4 is 5.32 Å². The van der Waals surface area contributed by atoms with Gasteiger partial charge in [-0.1, -0.05) is 13.3 Å². The first-order chi connectivity index (χ1) is 6.81. The van der Waals surface area contributed by atoms with Gasteiger partial charge in [0.2, 0.25) is 0 Å². The van der Waals surface area contributed by atoms with Crippen LogP contribution >= 0.6 is 0 Å². The van der Waals surface area contributed by atoms with Gasteiger partial charge in [-0.05, 0) is 26.2 Å². The molecule has 0 rings (SSSR count). The molecule has 2 N–H and O–H groups in total. The van der Waals surface area contributed by atoms with E-state index in [1.165, 1.54) is 6.42 Å². The van der Waals surface area contributed by atoms with Crippen LogP contribution in [-0.4, -0.2) is 37.5 Å². The lowest BCUT2D eigenvalue weighted by Gasteiger charge is -2.12. The Labute approximate surface area is 87.8 Å². The molecule has 14 heavy (non-hydrogen) atoms. The van der Waals surface area contributed by atoms with E-state index in [0.717, 1.165) is 39.0 Å². The second-order valence-electron chi connectivity index (χ2n) is 3.69. The van der Waals surface area contributed by atoms with Crippen molar-refractivity contribution in [1.82, 2.24) is 5.32 Å². The van der Waals surface area contributed by atoms with Gasteiger partial charge in [-0.2, -0.15) is 0 Å². The minimum atomic E-state index is 0.291. The molecule has 0 fully saturated rings. The standard InChI is InChI=1S/C11H25NO2/c1-3-4-9-14-10-7-12-11(2)6-5-8-13/h11-13H,3-10H2,1-2H3. The first-order valence-corrected chi connectivity index (χ1v) is 5.73. The van der Waals surface area contributed by atoms with Crippen LogP contribution in [0.3, 0.4) is 0 Å². The molecule has 0 aromatic heterocycles. The lowest BCUT2D eigenvalue weighted by atomic mass is 10.2. The van der Waals surface area contributed by atoms with Gasteiger partial charge in [-0.25, -0.2) is 0 Å². The van der Waals surface area contributed by atoms with E-state index in [4.69, 9.17) is 9.84 Å². The summed E-state index contributed by atoms with van der Waals surface area (Å²) < 4.78 is 5.42. The van der Waals surface area contributed by atoms with Gasteiger partial charge in [0.1, 0.15) is 0 Å². The highest BCUT2D eigenvalue weighted by atomic mass is 16.5. The van der Waals surface area contributed by atoms with E-state index < -0.39 is 0 Å². The second kappa shape index (κ2) is 11.0. The number of hydrogen-bond donors (Lipinski definition) is 2. The van der Waals surface area contributed by atoms with Crippen molar-refractivity contribution in [2.45, 2.75) is 45.6 Å². The third kappa shape index (κ3) is 9.96. The number of unbranched alkanes of at least 4 members (excludes halogenated alkanes) is 1. The van der Waals surface area contributed by atoms with Crippen LogP contribution in [0.15, 0.2) is 0 Å². The molecule has 1 unspecified atom stereocenters. The van der Waals surface area contributed by atoms with Crippen LogP contribution in [-0.2, 0) is 4.74 Å². The maximum absolute atomic E-state index is 8.63. The Morgan fingerprint density at radius 2 is 2.07 bits per heavy atom. The van der Waals surface area contributed by atoms with E-state index >= 15 is 0 Å². The van der Waals surface area contributed by atoms with E-state index in [0.29, 0.717) is 12.6 Å². The van der Waals surface area contributed by atoms with Crippen molar-refractivity contribution < 1.29 is 9.84 Å². The molecule has 0 aliphatic carbocycles. The minimum Gasteiger partial charge on any atom is -0.396 e. The predicted octanol–water partition coefficient (Wildman–Crippen LogP) is 1.55. The molecule has 0 amide bonds. The van der Waals surface area contributed by atoms with Crippen LogP contribution in [0, 0.1) is 0 Å². The molecule has 0 aliphatic heterocycles. The second-order valence-corrected chi connectivity index (χ2v) is 3.69. The van der Waals surface area contributed by atoms with Crippen molar-refractivity contribution in [1.29, 1.82) is 0 Å². The molecular weight excluding hydrogens is 178 g/mol. The summed E-state index contributed by atoms with van der Waals surface area (Å²) in [6.45, 7) is 7.18. The fourth-order valence-electron chi connectivity index (χ4n) is 1.23. The van der Waals surface area contributed by atoms with Crippen molar-refractivity contribution in [3.8, 4) is 0 Å². The maximum Gasteiger partial charge on any atom is 0.0590 e. The Kier molecular flexibility index (Phi) is 10.9. The number of rotatable bonds is 10. The molecule has 1 atom stereocenters. The maximum atomic E-state index is 8.63. The lowest BCUT2D eigenvalue weighted by Crippen LogP contribution is -2.29. The van der Waals surface area contributed by atoms with Crippen molar-refractivity contribution in [3.05, 3.63) is 0 Å². The number of hydrogen-bond acceptors (Lipinski definition) is 3. The van der Waals surface area contributed by atoms with Gasteiger partial charge >= 0.3 is 0 Å². The van der Waals surface area contributed by atoms with Crippen molar-refractivity contribution in [3.63, 3.8) is 0 Å². The lowest BCUT2D eigenvalue weighted by molar-refractivity contribution is 0.130. The molecule has 0 saturated heterocycles. The summed E-state index contributed by atoms with van der Waals surface area (Å²) in [5.41, 5.74) is 0. The summed E-state index contributed by atoms with van der Waals surface area (Å²) in [6.07, 6.45) is 4.26. The Balaban J connectivity index is 3.02. The van der Waals surface area contributed by atoms with Gasteiger partial charge in [0.25, 0.3) is 0 Å². The Morgan fingerprint density at radius 3 is 2.71 bits per heavy atom. The molecule has 0 bridgehead atoms. The zero-order valence-corrected chi connectivity index (χ0v) is 9.59. The highest BCUT2D eigenvalue weighted by Crippen LogP contribution is 1.94. The summed E-state index contributed by atoms with van der Waals surface area (Å²) in [6, 6.07) is 0.483. The first-order valence-electron chi connectivity index (χ1n) is 5.73. The molecule has 0 radical (unpaired) electrons. The van der Waals surface area contributed by atoms with Gasteiger partial charge in [0.05, 0.1) is 6.61 Å². The monoisotopic (exact) mass is 203 g/mol. The van der Waals surface area contributed by atoms with Crippen LogP contribution in [0.2, 0.25) is 0 Å². The van der Waals surface area contributed by atoms with Crippen molar-refractivity contribution in [2.75, 3.05) is 26.4 Å². The fourth-order valence-corrected chi connectivity index (χ4v) is 1.23. The SMILES string of the molecule is CCCCOCCNC(C)CCCO. The molecule has 0 saturated carbocycles. The van der Waals surface area contributed by atoms with E-state index in [2.05, 4.69) is 19.2 Å².